The first-order valence-corrected chi connectivity index (χ1v) is 6.76. The zero-order valence-electron chi connectivity index (χ0n) is 11.9. The maximum atomic E-state index is 12.4. The average Bonchev–Trinajstić information content (AvgIpc) is 2.53. The van der Waals surface area contributed by atoms with Gasteiger partial charge >= 0.3 is 5.97 Å². The minimum Gasteiger partial charge on any atom is -0.477 e. The van der Waals surface area contributed by atoms with Crippen molar-refractivity contribution >= 4 is 28.2 Å². The van der Waals surface area contributed by atoms with Crippen LogP contribution in [0.15, 0.2) is 59.4 Å². The number of pyridine rings is 1. The average molecular weight is 294 g/mol. The Balaban J connectivity index is 2.35. The predicted molar refractivity (Wildman–Crippen MR) is 85.9 cm³/mol. The molecule has 0 aliphatic heterocycles. The molecule has 3 rings (SSSR count). The monoisotopic (exact) mass is 294 g/mol. The number of aromatic carboxylic acids is 1. The van der Waals surface area contributed by atoms with Gasteiger partial charge in [0.2, 0.25) is 0 Å². The standard InChI is InChI=1S/C17H14N2O3/c1-19-13-10-6-5-9-12(13)15(14(16(19)20)17(21)22)18-11-7-3-2-4-8-11/h2-10,18H,1H3,(H,21,22). The molecule has 22 heavy (non-hydrogen) atoms. The van der Waals surface area contributed by atoms with Crippen LogP contribution in [0.4, 0.5) is 11.4 Å². The first-order chi connectivity index (χ1) is 10.6. The molecular weight excluding hydrogens is 280 g/mol. The summed E-state index contributed by atoms with van der Waals surface area (Å²) in [6.07, 6.45) is 0. The number of carboxylic acids is 1. The third-order valence-corrected chi connectivity index (χ3v) is 3.56. The number of benzene rings is 2. The van der Waals surface area contributed by atoms with Gasteiger partial charge in [-0.2, -0.15) is 0 Å². The summed E-state index contributed by atoms with van der Waals surface area (Å²) in [6, 6.07) is 16.4. The fourth-order valence-corrected chi connectivity index (χ4v) is 2.49. The highest BCUT2D eigenvalue weighted by atomic mass is 16.4. The second-order valence-corrected chi connectivity index (χ2v) is 4.93. The molecule has 1 heterocycles. The Morgan fingerprint density at radius 1 is 1.05 bits per heavy atom. The molecule has 0 amide bonds. The van der Waals surface area contributed by atoms with E-state index in [1.165, 1.54) is 4.57 Å². The van der Waals surface area contributed by atoms with Crippen molar-refractivity contribution in [3.05, 3.63) is 70.5 Å². The van der Waals surface area contributed by atoms with Crippen LogP contribution in [-0.4, -0.2) is 15.6 Å². The highest BCUT2D eigenvalue weighted by molar-refractivity contribution is 6.05. The summed E-state index contributed by atoms with van der Waals surface area (Å²) in [4.78, 5) is 24.0. The first kappa shape index (κ1) is 13.9. The molecule has 1 aromatic heterocycles. The second-order valence-electron chi connectivity index (χ2n) is 4.93. The van der Waals surface area contributed by atoms with Gasteiger partial charge in [0.05, 0.1) is 11.2 Å². The first-order valence-electron chi connectivity index (χ1n) is 6.76. The van der Waals surface area contributed by atoms with Gasteiger partial charge in [0.15, 0.2) is 0 Å². The number of aromatic nitrogens is 1. The number of hydrogen-bond donors (Lipinski definition) is 2. The third kappa shape index (κ3) is 2.22. The van der Waals surface area contributed by atoms with Crippen LogP contribution in [-0.2, 0) is 7.05 Å². The molecule has 0 fully saturated rings. The number of anilines is 2. The van der Waals surface area contributed by atoms with Gasteiger partial charge in [0.1, 0.15) is 5.56 Å². The Morgan fingerprint density at radius 3 is 2.36 bits per heavy atom. The molecule has 0 unspecified atom stereocenters. The number of hydrogen-bond acceptors (Lipinski definition) is 3. The summed E-state index contributed by atoms with van der Waals surface area (Å²) in [5, 5.41) is 13.2. The Bertz CT molecular complexity index is 914. The van der Waals surface area contributed by atoms with Crippen molar-refractivity contribution in [3.63, 3.8) is 0 Å². The Kier molecular flexibility index (Phi) is 3.39. The summed E-state index contributed by atoms with van der Waals surface area (Å²) in [7, 11) is 1.57. The number of para-hydroxylation sites is 2. The van der Waals surface area contributed by atoms with E-state index in [1.807, 2.05) is 42.5 Å². The maximum Gasteiger partial charge on any atom is 0.343 e. The smallest absolute Gasteiger partial charge is 0.343 e. The summed E-state index contributed by atoms with van der Waals surface area (Å²) >= 11 is 0. The normalized spacial score (nSPS) is 10.6. The molecule has 0 bridgehead atoms. The molecule has 0 aliphatic rings. The fraction of sp³-hybridized carbons (Fsp3) is 0.0588. The molecule has 110 valence electrons. The topological polar surface area (TPSA) is 71.3 Å². The number of nitrogens with one attached hydrogen (secondary N) is 1. The molecule has 0 spiro atoms. The Hall–Kier alpha value is -3.08. The van der Waals surface area contributed by atoms with Crippen LogP contribution in [0.5, 0.6) is 0 Å². The zero-order chi connectivity index (χ0) is 15.7. The van der Waals surface area contributed by atoms with E-state index in [0.717, 1.165) is 5.69 Å². The largest absolute Gasteiger partial charge is 0.477 e. The van der Waals surface area contributed by atoms with Gasteiger partial charge in [0.25, 0.3) is 5.56 Å². The summed E-state index contributed by atoms with van der Waals surface area (Å²) in [6.45, 7) is 0. The Labute approximate surface area is 126 Å². The minimum atomic E-state index is -1.25. The lowest BCUT2D eigenvalue weighted by Crippen LogP contribution is -2.26. The zero-order valence-corrected chi connectivity index (χ0v) is 11.9. The van der Waals surface area contributed by atoms with E-state index in [9.17, 15) is 14.7 Å². The molecule has 5 heteroatoms. The maximum absolute atomic E-state index is 12.4. The summed E-state index contributed by atoms with van der Waals surface area (Å²) in [5.74, 6) is -1.25. The number of aryl methyl sites for hydroxylation is 1. The number of rotatable bonds is 3. The number of carboxylic acid groups (broad SMARTS) is 1. The minimum absolute atomic E-state index is 0.259. The molecule has 0 radical (unpaired) electrons. The molecule has 0 saturated carbocycles. The van der Waals surface area contributed by atoms with Crippen LogP contribution < -0.4 is 10.9 Å². The fourth-order valence-electron chi connectivity index (χ4n) is 2.49. The quantitative estimate of drug-likeness (QED) is 0.779. The molecule has 5 nitrogen and oxygen atoms in total. The third-order valence-electron chi connectivity index (χ3n) is 3.56. The molecule has 0 aliphatic carbocycles. The van der Waals surface area contributed by atoms with Crippen LogP contribution in [0.2, 0.25) is 0 Å². The Morgan fingerprint density at radius 2 is 1.68 bits per heavy atom. The van der Waals surface area contributed by atoms with Gasteiger partial charge in [0, 0.05) is 18.1 Å². The summed E-state index contributed by atoms with van der Waals surface area (Å²) in [5.41, 5.74) is 0.923. The molecule has 3 aromatic rings. The van der Waals surface area contributed by atoms with Gasteiger partial charge in [-0.15, -0.1) is 0 Å². The van der Waals surface area contributed by atoms with Crippen molar-refractivity contribution in [2.24, 2.45) is 7.05 Å². The van der Waals surface area contributed by atoms with Crippen molar-refractivity contribution in [3.8, 4) is 0 Å². The lowest BCUT2D eigenvalue weighted by Gasteiger charge is -2.15. The lowest BCUT2D eigenvalue weighted by molar-refractivity contribution is 0.0695. The highest BCUT2D eigenvalue weighted by Crippen LogP contribution is 2.28. The predicted octanol–water partition coefficient (Wildman–Crippen LogP) is 2.98. The lowest BCUT2D eigenvalue weighted by atomic mass is 10.1. The molecule has 0 saturated heterocycles. The van der Waals surface area contributed by atoms with E-state index < -0.39 is 11.5 Å². The van der Waals surface area contributed by atoms with Gasteiger partial charge in [-0.25, -0.2) is 4.79 Å². The van der Waals surface area contributed by atoms with Gasteiger partial charge in [-0.05, 0) is 18.2 Å². The molecule has 2 N–H and O–H groups in total. The number of fused-ring (bicyclic) bond motifs is 1. The van der Waals surface area contributed by atoms with E-state index in [4.69, 9.17) is 0 Å². The van der Waals surface area contributed by atoms with Crippen molar-refractivity contribution in [2.45, 2.75) is 0 Å². The number of nitrogens with zero attached hydrogens (tertiary/aromatic N) is 1. The van der Waals surface area contributed by atoms with Gasteiger partial charge in [-0.3, -0.25) is 4.79 Å². The van der Waals surface area contributed by atoms with E-state index >= 15 is 0 Å². The SMILES string of the molecule is Cn1c(=O)c(C(=O)O)c(Nc2ccccc2)c2ccccc21. The van der Waals surface area contributed by atoms with E-state index in [2.05, 4.69) is 5.32 Å². The van der Waals surface area contributed by atoms with Crippen LogP contribution >= 0.6 is 0 Å². The van der Waals surface area contributed by atoms with Crippen molar-refractivity contribution < 1.29 is 9.90 Å². The summed E-state index contributed by atoms with van der Waals surface area (Å²) < 4.78 is 1.36. The van der Waals surface area contributed by atoms with Crippen molar-refractivity contribution in [2.75, 3.05) is 5.32 Å². The van der Waals surface area contributed by atoms with Gasteiger partial charge < -0.3 is 15.0 Å². The van der Waals surface area contributed by atoms with Crippen LogP contribution in [0.1, 0.15) is 10.4 Å². The van der Waals surface area contributed by atoms with Crippen LogP contribution in [0, 0.1) is 0 Å². The van der Waals surface area contributed by atoms with Crippen LogP contribution in [0.25, 0.3) is 10.9 Å². The van der Waals surface area contributed by atoms with E-state index in [-0.39, 0.29) is 5.56 Å². The van der Waals surface area contributed by atoms with Crippen molar-refractivity contribution in [1.82, 2.24) is 4.57 Å². The molecule has 0 atom stereocenters. The molecular formula is C17H14N2O3. The number of carbonyl (C=O) groups is 1. The molecule has 2 aromatic carbocycles. The highest BCUT2D eigenvalue weighted by Gasteiger charge is 2.20. The van der Waals surface area contributed by atoms with Crippen molar-refractivity contribution in [1.29, 1.82) is 0 Å². The second kappa shape index (κ2) is 5.37. The van der Waals surface area contributed by atoms with Gasteiger partial charge in [-0.1, -0.05) is 36.4 Å². The van der Waals surface area contributed by atoms with E-state index in [0.29, 0.717) is 16.6 Å². The van der Waals surface area contributed by atoms with E-state index in [1.54, 1.807) is 19.2 Å². The van der Waals surface area contributed by atoms with Crippen LogP contribution in [0.3, 0.4) is 0 Å².